The lowest BCUT2D eigenvalue weighted by molar-refractivity contribution is -0.119. The molecule has 3 saturated heterocycles. The van der Waals surface area contributed by atoms with E-state index < -0.39 is 0 Å². The Morgan fingerprint density at radius 3 is 2.75 bits per heavy atom. The third kappa shape index (κ3) is 3.19. The van der Waals surface area contributed by atoms with Gasteiger partial charge >= 0.3 is 6.03 Å². The zero-order chi connectivity index (χ0) is 13.9. The minimum atomic E-state index is -0.356. The third-order valence-corrected chi connectivity index (χ3v) is 5.02. The fourth-order valence-electron chi connectivity index (χ4n) is 3.08. The summed E-state index contributed by atoms with van der Waals surface area (Å²) in [6.45, 7) is 3.20. The molecule has 4 rings (SSSR count). The van der Waals surface area contributed by atoms with Crippen LogP contribution in [-0.4, -0.2) is 42.5 Å². The molecule has 108 valence electrons. The van der Waals surface area contributed by atoms with Crippen LogP contribution in [0.2, 0.25) is 0 Å². The minimum Gasteiger partial charge on any atom is -0.333 e. The van der Waals surface area contributed by atoms with Crippen LogP contribution < -0.4 is 10.6 Å². The monoisotopic (exact) mass is 293 g/mol. The van der Waals surface area contributed by atoms with Crippen LogP contribution in [0, 0.1) is 5.92 Å². The Morgan fingerprint density at radius 1 is 1.35 bits per heavy atom. The van der Waals surface area contributed by atoms with Crippen molar-refractivity contribution in [1.29, 1.82) is 0 Å². The van der Waals surface area contributed by atoms with Crippen LogP contribution >= 0.6 is 11.3 Å². The molecule has 2 bridgehead atoms. The van der Waals surface area contributed by atoms with Gasteiger partial charge in [0.05, 0.1) is 6.42 Å². The van der Waals surface area contributed by atoms with E-state index >= 15 is 0 Å². The van der Waals surface area contributed by atoms with Crippen LogP contribution in [0.5, 0.6) is 0 Å². The molecule has 20 heavy (non-hydrogen) atoms. The molecule has 0 spiro atoms. The molecule has 0 aromatic carbocycles. The van der Waals surface area contributed by atoms with E-state index in [4.69, 9.17) is 0 Å². The number of amides is 3. The predicted octanol–water partition coefficient (Wildman–Crippen LogP) is 1.21. The first-order valence-corrected chi connectivity index (χ1v) is 7.94. The molecule has 1 aromatic heterocycles. The summed E-state index contributed by atoms with van der Waals surface area (Å²) in [7, 11) is 0. The van der Waals surface area contributed by atoms with Crippen molar-refractivity contribution in [2.45, 2.75) is 25.3 Å². The van der Waals surface area contributed by atoms with Gasteiger partial charge in [-0.15, -0.1) is 11.3 Å². The van der Waals surface area contributed by atoms with Crippen LogP contribution in [0.1, 0.15) is 17.7 Å². The Kier molecular flexibility index (Phi) is 4.03. The number of hydrogen-bond donors (Lipinski definition) is 2. The SMILES string of the molecule is O=C(Cc1cccs1)NC(=O)NC1CN2CCC1CC2. The molecule has 5 nitrogen and oxygen atoms in total. The molecule has 3 aliphatic heterocycles. The maximum atomic E-state index is 11.9. The molecule has 0 saturated carbocycles. The standard InChI is InChI=1S/C14H19N3O2S/c18-13(8-11-2-1-7-20-11)16-14(19)15-12-9-17-5-3-10(12)4-6-17/h1-2,7,10,12H,3-6,8-9H2,(H2,15,16,18,19). The molecule has 3 aliphatic rings. The molecule has 2 N–H and O–H groups in total. The summed E-state index contributed by atoms with van der Waals surface area (Å²) < 4.78 is 0. The Balaban J connectivity index is 1.46. The van der Waals surface area contributed by atoms with E-state index in [0.29, 0.717) is 5.92 Å². The lowest BCUT2D eigenvalue weighted by Gasteiger charge is -2.44. The zero-order valence-electron chi connectivity index (χ0n) is 11.3. The van der Waals surface area contributed by atoms with Gasteiger partial charge in [-0.1, -0.05) is 6.07 Å². The molecule has 0 aliphatic carbocycles. The largest absolute Gasteiger partial charge is 0.333 e. The van der Waals surface area contributed by atoms with Crippen LogP contribution in [0.4, 0.5) is 4.79 Å². The number of nitrogens with one attached hydrogen (secondary N) is 2. The topological polar surface area (TPSA) is 61.4 Å². The van der Waals surface area contributed by atoms with Crippen LogP contribution in [0.15, 0.2) is 17.5 Å². The summed E-state index contributed by atoms with van der Waals surface area (Å²) in [5.41, 5.74) is 0. The maximum Gasteiger partial charge on any atom is 0.321 e. The number of hydrogen-bond acceptors (Lipinski definition) is 4. The lowest BCUT2D eigenvalue weighted by Crippen LogP contribution is -2.59. The van der Waals surface area contributed by atoms with E-state index in [-0.39, 0.29) is 24.4 Å². The maximum absolute atomic E-state index is 11.9. The second-order valence-electron chi connectivity index (χ2n) is 5.52. The van der Waals surface area contributed by atoms with E-state index in [1.807, 2.05) is 17.5 Å². The second-order valence-corrected chi connectivity index (χ2v) is 6.55. The van der Waals surface area contributed by atoms with Crippen molar-refractivity contribution in [3.63, 3.8) is 0 Å². The quantitative estimate of drug-likeness (QED) is 0.880. The number of nitrogens with zero attached hydrogens (tertiary/aromatic N) is 1. The summed E-state index contributed by atoms with van der Waals surface area (Å²) in [6.07, 6.45) is 2.56. The van der Waals surface area contributed by atoms with Crippen LogP contribution in [0.3, 0.4) is 0 Å². The Bertz CT molecular complexity index is 481. The number of piperidine rings is 3. The van der Waals surface area contributed by atoms with E-state index in [1.54, 1.807) is 0 Å². The van der Waals surface area contributed by atoms with Gasteiger partial charge < -0.3 is 10.2 Å². The lowest BCUT2D eigenvalue weighted by atomic mass is 9.84. The summed E-state index contributed by atoms with van der Waals surface area (Å²) >= 11 is 1.52. The van der Waals surface area contributed by atoms with Crippen molar-refractivity contribution in [2.75, 3.05) is 19.6 Å². The van der Waals surface area contributed by atoms with E-state index in [1.165, 1.54) is 11.3 Å². The van der Waals surface area contributed by atoms with Crippen molar-refractivity contribution in [3.05, 3.63) is 22.4 Å². The molecule has 1 unspecified atom stereocenters. The average molecular weight is 293 g/mol. The average Bonchev–Trinajstić information content (AvgIpc) is 2.92. The van der Waals surface area contributed by atoms with Gasteiger partial charge in [0.25, 0.3) is 0 Å². The molecule has 1 atom stereocenters. The van der Waals surface area contributed by atoms with Gasteiger partial charge in [0.2, 0.25) is 5.91 Å². The summed E-state index contributed by atoms with van der Waals surface area (Å²) in [5, 5.41) is 7.30. The van der Waals surface area contributed by atoms with Crippen LogP contribution in [-0.2, 0) is 11.2 Å². The van der Waals surface area contributed by atoms with Gasteiger partial charge in [0, 0.05) is 17.5 Å². The molecule has 3 amide bonds. The van der Waals surface area contributed by atoms with Crippen molar-refractivity contribution in [2.24, 2.45) is 5.92 Å². The van der Waals surface area contributed by atoms with E-state index in [0.717, 1.165) is 37.4 Å². The fourth-order valence-corrected chi connectivity index (χ4v) is 3.78. The highest BCUT2D eigenvalue weighted by Gasteiger charge is 2.34. The molecule has 1 aromatic rings. The van der Waals surface area contributed by atoms with Crippen molar-refractivity contribution in [1.82, 2.24) is 15.5 Å². The molecular weight excluding hydrogens is 274 g/mol. The molecule has 0 radical (unpaired) electrons. The number of carbonyl (C=O) groups excluding carboxylic acids is 2. The first kappa shape index (κ1) is 13.6. The van der Waals surface area contributed by atoms with Crippen molar-refractivity contribution in [3.8, 4) is 0 Å². The smallest absolute Gasteiger partial charge is 0.321 e. The number of thiophene rings is 1. The first-order chi connectivity index (χ1) is 9.70. The van der Waals surface area contributed by atoms with Crippen molar-refractivity contribution < 1.29 is 9.59 Å². The zero-order valence-corrected chi connectivity index (χ0v) is 12.1. The van der Waals surface area contributed by atoms with Gasteiger partial charge in [0.1, 0.15) is 0 Å². The van der Waals surface area contributed by atoms with Gasteiger partial charge in [-0.2, -0.15) is 0 Å². The molecular formula is C14H19N3O2S. The number of rotatable bonds is 3. The normalized spacial score (nSPS) is 28.1. The number of carbonyl (C=O) groups is 2. The van der Waals surface area contributed by atoms with Gasteiger partial charge in [-0.05, 0) is 43.3 Å². The third-order valence-electron chi connectivity index (χ3n) is 4.14. The second kappa shape index (κ2) is 5.93. The van der Waals surface area contributed by atoms with E-state index in [9.17, 15) is 9.59 Å². The Hall–Kier alpha value is -1.40. The highest BCUT2D eigenvalue weighted by molar-refractivity contribution is 7.10. The highest BCUT2D eigenvalue weighted by atomic mass is 32.1. The summed E-state index contributed by atoms with van der Waals surface area (Å²) in [4.78, 5) is 27.0. The molecule has 6 heteroatoms. The fraction of sp³-hybridized carbons (Fsp3) is 0.571. The van der Waals surface area contributed by atoms with Gasteiger partial charge in [-0.25, -0.2) is 4.79 Å². The highest BCUT2D eigenvalue weighted by Crippen LogP contribution is 2.27. The number of imide groups is 1. The first-order valence-electron chi connectivity index (χ1n) is 7.06. The van der Waals surface area contributed by atoms with Gasteiger partial charge in [-0.3, -0.25) is 10.1 Å². The minimum absolute atomic E-state index is 0.187. The Labute approximate surface area is 122 Å². The van der Waals surface area contributed by atoms with Crippen LogP contribution in [0.25, 0.3) is 0 Å². The molecule has 3 fully saturated rings. The summed E-state index contributed by atoms with van der Waals surface area (Å²) in [5.74, 6) is 0.323. The Morgan fingerprint density at radius 2 is 2.15 bits per heavy atom. The van der Waals surface area contributed by atoms with E-state index in [2.05, 4.69) is 15.5 Å². The molecule has 4 heterocycles. The summed E-state index contributed by atoms with van der Waals surface area (Å²) in [6, 6.07) is 3.63. The predicted molar refractivity (Wildman–Crippen MR) is 77.6 cm³/mol. The number of urea groups is 1. The number of fused-ring (bicyclic) bond motifs is 3. The van der Waals surface area contributed by atoms with Crippen molar-refractivity contribution >= 4 is 23.3 Å². The van der Waals surface area contributed by atoms with Gasteiger partial charge in [0.15, 0.2) is 0 Å².